The fourth-order valence-corrected chi connectivity index (χ4v) is 5.03. The van der Waals surface area contributed by atoms with Gasteiger partial charge < -0.3 is 5.11 Å². The SMILES string of the molecule is CC(=O)n1cc(C2NC(CC(C)C)(C(=O)O)C3C(=O)NC(=O)C23)c2ccccc21. The molecule has 2 aliphatic heterocycles. The molecule has 0 saturated carbocycles. The lowest BCUT2D eigenvalue weighted by Crippen LogP contribution is -2.56. The van der Waals surface area contributed by atoms with Crippen molar-refractivity contribution in [1.82, 2.24) is 15.2 Å². The maximum absolute atomic E-state index is 12.7. The Hall–Kier alpha value is -3.00. The predicted octanol–water partition coefficient (Wildman–Crippen LogP) is 1.70. The molecule has 8 heteroatoms. The molecule has 2 aromatic rings. The van der Waals surface area contributed by atoms with E-state index in [1.807, 2.05) is 32.0 Å². The number of imide groups is 1. The second kappa shape index (κ2) is 6.52. The zero-order valence-electron chi connectivity index (χ0n) is 16.4. The highest BCUT2D eigenvalue weighted by molar-refractivity contribution is 6.09. The minimum atomic E-state index is -1.56. The standard InChI is InChI=1S/C21H23N3O5/c1-10(2)8-21(20(28)29)16-15(18(26)22-19(16)27)17(23-21)13-9-24(11(3)25)14-7-5-4-6-12(13)14/h4-7,9-10,15-17,23H,8H2,1-3H3,(H,28,29)(H,22,26,27). The molecular weight excluding hydrogens is 374 g/mol. The van der Waals surface area contributed by atoms with Crippen LogP contribution in [0.25, 0.3) is 10.9 Å². The highest BCUT2D eigenvalue weighted by Gasteiger charge is 2.66. The Morgan fingerprint density at radius 3 is 2.52 bits per heavy atom. The monoisotopic (exact) mass is 397 g/mol. The van der Waals surface area contributed by atoms with E-state index in [1.165, 1.54) is 11.5 Å². The number of amides is 2. The van der Waals surface area contributed by atoms with Crippen molar-refractivity contribution in [3.05, 3.63) is 36.0 Å². The van der Waals surface area contributed by atoms with Gasteiger partial charge in [-0.05, 0) is 24.0 Å². The maximum Gasteiger partial charge on any atom is 0.324 e. The van der Waals surface area contributed by atoms with Crippen LogP contribution in [-0.2, 0) is 14.4 Å². The van der Waals surface area contributed by atoms with Gasteiger partial charge in [-0.2, -0.15) is 0 Å². The third-order valence-corrected chi connectivity index (χ3v) is 6.02. The maximum atomic E-state index is 12.7. The lowest BCUT2D eigenvalue weighted by molar-refractivity contribution is -0.150. The molecular formula is C21H23N3O5. The van der Waals surface area contributed by atoms with Crippen LogP contribution >= 0.6 is 0 Å². The predicted molar refractivity (Wildman–Crippen MR) is 104 cm³/mol. The summed E-state index contributed by atoms with van der Waals surface area (Å²) in [6.07, 6.45) is 1.84. The summed E-state index contributed by atoms with van der Waals surface area (Å²) in [5.74, 6) is -4.27. The molecule has 2 fully saturated rings. The molecule has 2 amide bonds. The van der Waals surface area contributed by atoms with Gasteiger partial charge in [-0.25, -0.2) is 0 Å². The van der Waals surface area contributed by atoms with E-state index in [4.69, 9.17) is 0 Å². The lowest BCUT2D eigenvalue weighted by atomic mass is 9.75. The van der Waals surface area contributed by atoms with E-state index in [0.717, 1.165) is 5.39 Å². The highest BCUT2D eigenvalue weighted by Crippen LogP contribution is 2.49. The minimum absolute atomic E-state index is 0.0138. The van der Waals surface area contributed by atoms with Crippen LogP contribution in [0.4, 0.5) is 0 Å². The number of nitrogens with zero attached hydrogens (tertiary/aromatic N) is 1. The third kappa shape index (κ3) is 2.70. The number of fused-ring (bicyclic) bond motifs is 2. The Kier molecular flexibility index (Phi) is 4.34. The highest BCUT2D eigenvalue weighted by atomic mass is 16.4. The molecule has 152 valence electrons. The summed E-state index contributed by atoms with van der Waals surface area (Å²) in [5, 5.41) is 16.3. The first-order valence-electron chi connectivity index (χ1n) is 9.64. The number of para-hydroxylation sites is 1. The first-order valence-corrected chi connectivity index (χ1v) is 9.64. The Labute approximate surface area is 167 Å². The van der Waals surface area contributed by atoms with Gasteiger partial charge in [-0.1, -0.05) is 32.0 Å². The van der Waals surface area contributed by atoms with Gasteiger partial charge in [0.1, 0.15) is 5.54 Å². The van der Waals surface area contributed by atoms with E-state index >= 15 is 0 Å². The molecule has 2 saturated heterocycles. The summed E-state index contributed by atoms with van der Waals surface area (Å²) in [7, 11) is 0. The fraction of sp³-hybridized carbons (Fsp3) is 0.429. The van der Waals surface area contributed by atoms with Crippen molar-refractivity contribution in [2.45, 2.75) is 38.8 Å². The molecule has 8 nitrogen and oxygen atoms in total. The quantitative estimate of drug-likeness (QED) is 0.676. The third-order valence-electron chi connectivity index (χ3n) is 6.02. The van der Waals surface area contributed by atoms with E-state index < -0.39 is 41.2 Å². The number of rotatable bonds is 4. The van der Waals surface area contributed by atoms with E-state index in [9.17, 15) is 24.3 Å². The zero-order valence-corrected chi connectivity index (χ0v) is 16.4. The van der Waals surface area contributed by atoms with Crippen molar-refractivity contribution in [3.63, 3.8) is 0 Å². The van der Waals surface area contributed by atoms with Gasteiger partial charge >= 0.3 is 5.97 Å². The smallest absolute Gasteiger partial charge is 0.324 e. The van der Waals surface area contributed by atoms with Crippen LogP contribution in [0.3, 0.4) is 0 Å². The number of carbonyl (C=O) groups excluding carboxylic acids is 3. The van der Waals surface area contributed by atoms with Gasteiger partial charge in [0.2, 0.25) is 17.7 Å². The summed E-state index contributed by atoms with van der Waals surface area (Å²) in [6.45, 7) is 5.20. The summed E-state index contributed by atoms with van der Waals surface area (Å²) in [4.78, 5) is 49.8. The Balaban J connectivity index is 1.93. The molecule has 4 atom stereocenters. The summed E-state index contributed by atoms with van der Waals surface area (Å²) < 4.78 is 1.49. The second-order valence-corrected chi connectivity index (χ2v) is 8.34. The number of nitrogens with one attached hydrogen (secondary N) is 2. The van der Waals surface area contributed by atoms with Crippen LogP contribution in [0.1, 0.15) is 43.6 Å². The van der Waals surface area contributed by atoms with Crippen molar-refractivity contribution in [2.75, 3.05) is 0 Å². The molecule has 3 heterocycles. The van der Waals surface area contributed by atoms with E-state index in [0.29, 0.717) is 11.1 Å². The average molecular weight is 397 g/mol. The Morgan fingerprint density at radius 1 is 1.21 bits per heavy atom. The molecule has 0 aliphatic carbocycles. The molecule has 0 bridgehead atoms. The van der Waals surface area contributed by atoms with Gasteiger partial charge in [-0.15, -0.1) is 0 Å². The Morgan fingerprint density at radius 2 is 1.90 bits per heavy atom. The van der Waals surface area contributed by atoms with Crippen molar-refractivity contribution >= 4 is 34.6 Å². The molecule has 3 N–H and O–H groups in total. The zero-order chi connectivity index (χ0) is 21.1. The number of hydrogen-bond donors (Lipinski definition) is 3. The largest absolute Gasteiger partial charge is 0.480 e. The topological polar surface area (TPSA) is 118 Å². The number of aliphatic carboxylic acids is 1. The van der Waals surface area contributed by atoms with E-state index in [2.05, 4.69) is 10.6 Å². The minimum Gasteiger partial charge on any atom is -0.480 e. The summed E-state index contributed by atoms with van der Waals surface area (Å²) in [5.41, 5.74) is -0.239. The van der Waals surface area contributed by atoms with Crippen LogP contribution in [0.15, 0.2) is 30.5 Å². The van der Waals surface area contributed by atoms with Gasteiger partial charge in [0.25, 0.3) is 0 Å². The molecule has 2 aliphatic rings. The second-order valence-electron chi connectivity index (χ2n) is 8.34. The number of aromatic nitrogens is 1. The molecule has 0 spiro atoms. The number of carboxylic acid groups (broad SMARTS) is 1. The summed E-state index contributed by atoms with van der Waals surface area (Å²) >= 11 is 0. The van der Waals surface area contributed by atoms with Gasteiger partial charge in [0, 0.05) is 24.5 Å². The van der Waals surface area contributed by atoms with E-state index in [-0.39, 0.29) is 18.2 Å². The number of hydrogen-bond acceptors (Lipinski definition) is 5. The van der Waals surface area contributed by atoms with Crippen molar-refractivity contribution in [2.24, 2.45) is 17.8 Å². The summed E-state index contributed by atoms with van der Waals surface area (Å²) in [6, 6.07) is 6.56. The van der Waals surface area contributed by atoms with E-state index in [1.54, 1.807) is 12.3 Å². The molecule has 4 rings (SSSR count). The van der Waals surface area contributed by atoms with Crippen LogP contribution < -0.4 is 10.6 Å². The van der Waals surface area contributed by atoms with Gasteiger partial charge in [0.15, 0.2) is 0 Å². The molecule has 1 aromatic carbocycles. The number of benzene rings is 1. The number of carbonyl (C=O) groups is 4. The van der Waals surface area contributed by atoms with Crippen molar-refractivity contribution < 1.29 is 24.3 Å². The van der Waals surface area contributed by atoms with Crippen LogP contribution in [-0.4, -0.2) is 38.9 Å². The van der Waals surface area contributed by atoms with Gasteiger partial charge in [-0.3, -0.25) is 34.4 Å². The van der Waals surface area contributed by atoms with Gasteiger partial charge in [0.05, 0.1) is 17.4 Å². The van der Waals surface area contributed by atoms with Crippen LogP contribution in [0.5, 0.6) is 0 Å². The molecule has 1 aromatic heterocycles. The van der Waals surface area contributed by atoms with Crippen LogP contribution in [0, 0.1) is 17.8 Å². The van der Waals surface area contributed by atoms with Crippen molar-refractivity contribution in [1.29, 1.82) is 0 Å². The average Bonchev–Trinajstić information content (AvgIpc) is 3.26. The first kappa shape index (κ1) is 19.3. The normalized spacial score (nSPS) is 28.8. The Bertz CT molecular complexity index is 1060. The molecule has 0 radical (unpaired) electrons. The molecule has 29 heavy (non-hydrogen) atoms. The van der Waals surface area contributed by atoms with Crippen molar-refractivity contribution in [3.8, 4) is 0 Å². The van der Waals surface area contributed by atoms with Crippen LogP contribution in [0.2, 0.25) is 0 Å². The number of carboxylic acids is 1. The first-order chi connectivity index (χ1) is 13.7. The fourth-order valence-electron chi connectivity index (χ4n) is 5.03. The lowest BCUT2D eigenvalue weighted by Gasteiger charge is -2.31. The molecule has 4 unspecified atom stereocenters.